The molecule has 0 fully saturated rings. The molecule has 1 aromatic carbocycles. The summed E-state index contributed by atoms with van der Waals surface area (Å²) in [6.45, 7) is 5.58. The van der Waals surface area contributed by atoms with Crippen LogP contribution in [-0.4, -0.2) is 24.8 Å². The third-order valence-corrected chi connectivity index (χ3v) is 2.28. The molecule has 0 aliphatic carbocycles. The first kappa shape index (κ1) is 15.4. The van der Waals surface area contributed by atoms with Crippen LogP contribution < -0.4 is 10.6 Å². The highest BCUT2D eigenvalue weighted by Gasteiger charge is 2.04. The van der Waals surface area contributed by atoms with Gasteiger partial charge < -0.3 is 10.6 Å². The monoisotopic (exact) mass is 262 g/mol. The molecule has 0 unspecified atom stereocenters. The zero-order valence-electron chi connectivity index (χ0n) is 9.92. The largest absolute Gasteiger partial charge is 0.399 e. The summed E-state index contributed by atoms with van der Waals surface area (Å²) in [6.07, 6.45) is 0. The molecule has 2 nitrogen and oxygen atoms in total. The fraction of sp³-hybridized carbons (Fsp3) is 0.500. The van der Waals surface area contributed by atoms with Gasteiger partial charge in [0, 0.05) is 36.2 Å². The first-order valence-corrected chi connectivity index (χ1v) is 6.57. The number of nitrogens with zero attached hydrogens (tertiary/aromatic N) is 1. The molecule has 0 heterocycles. The van der Waals surface area contributed by atoms with Gasteiger partial charge >= 0.3 is 0 Å². The lowest BCUT2D eigenvalue weighted by Crippen LogP contribution is -2.27. The first-order valence-electron chi connectivity index (χ1n) is 5.50. The normalized spacial score (nSPS) is 9.25. The van der Waals surface area contributed by atoms with Crippen LogP contribution in [-0.2, 0) is 0 Å². The Morgan fingerprint density at radius 2 is 1.69 bits per heavy atom. The van der Waals surface area contributed by atoms with Crippen molar-refractivity contribution in [1.29, 1.82) is 0 Å². The molecule has 0 saturated heterocycles. The quantitative estimate of drug-likeness (QED) is 0.650. The smallest absolute Gasteiger partial charge is 0.0399 e. The topological polar surface area (TPSA) is 29.3 Å². The molecule has 0 aromatic heterocycles. The van der Waals surface area contributed by atoms with Crippen molar-refractivity contribution in [3.8, 4) is 0 Å². The van der Waals surface area contributed by atoms with Gasteiger partial charge in [0.05, 0.1) is 0 Å². The van der Waals surface area contributed by atoms with Crippen molar-refractivity contribution in [1.82, 2.24) is 0 Å². The van der Waals surface area contributed by atoms with Gasteiger partial charge in [-0.15, -0.1) is 23.2 Å². The number of hydrogen-bond donors (Lipinski definition) is 1. The number of halogens is 2. The molecule has 0 bridgehead atoms. The minimum Gasteiger partial charge on any atom is -0.399 e. The number of alkyl halides is 2. The Morgan fingerprint density at radius 1 is 1.12 bits per heavy atom. The summed E-state index contributed by atoms with van der Waals surface area (Å²) < 4.78 is 0. The van der Waals surface area contributed by atoms with Crippen LogP contribution in [0.1, 0.15) is 13.8 Å². The van der Waals surface area contributed by atoms with Crippen LogP contribution in [0.4, 0.5) is 11.4 Å². The zero-order valence-corrected chi connectivity index (χ0v) is 11.4. The number of rotatable bonds is 5. The molecule has 1 aromatic rings. The van der Waals surface area contributed by atoms with Crippen molar-refractivity contribution in [2.75, 3.05) is 35.5 Å². The number of benzene rings is 1. The van der Waals surface area contributed by atoms with E-state index in [1.54, 1.807) is 0 Å². The van der Waals surface area contributed by atoms with Gasteiger partial charge in [0.1, 0.15) is 0 Å². The van der Waals surface area contributed by atoms with Gasteiger partial charge in [0.25, 0.3) is 0 Å². The van der Waals surface area contributed by atoms with Gasteiger partial charge in [-0.25, -0.2) is 0 Å². The molecule has 0 amide bonds. The highest BCUT2D eigenvalue weighted by atomic mass is 35.5. The summed E-state index contributed by atoms with van der Waals surface area (Å²) in [5.41, 5.74) is 7.53. The predicted octanol–water partition coefficient (Wildman–Crippen LogP) is 3.58. The van der Waals surface area contributed by atoms with E-state index in [1.165, 1.54) is 0 Å². The maximum Gasteiger partial charge on any atom is 0.0399 e. The molecule has 0 saturated carbocycles. The van der Waals surface area contributed by atoms with E-state index in [0.717, 1.165) is 24.5 Å². The molecule has 16 heavy (non-hydrogen) atoms. The van der Waals surface area contributed by atoms with E-state index < -0.39 is 0 Å². The van der Waals surface area contributed by atoms with E-state index in [9.17, 15) is 0 Å². The maximum absolute atomic E-state index is 5.71. The third kappa shape index (κ3) is 5.47. The van der Waals surface area contributed by atoms with Crippen molar-refractivity contribution >= 4 is 34.6 Å². The van der Waals surface area contributed by atoms with Crippen LogP contribution in [0.5, 0.6) is 0 Å². The molecule has 0 spiro atoms. The lowest BCUT2D eigenvalue weighted by Gasteiger charge is -2.22. The summed E-state index contributed by atoms with van der Waals surface area (Å²) >= 11 is 11.4. The molecular formula is C12H20Cl2N2. The molecule has 1 rings (SSSR count). The summed E-state index contributed by atoms with van der Waals surface area (Å²) in [6, 6.07) is 7.73. The standard InChI is InChI=1S/C10H14Cl2N2.C2H6/c11-4-6-14(7-5-12)10-3-1-2-9(13)8-10;1-2/h1-3,8H,4-7,13H2;1-2H3. The Hall–Kier alpha value is -0.600. The van der Waals surface area contributed by atoms with E-state index in [2.05, 4.69) is 4.90 Å². The third-order valence-electron chi connectivity index (χ3n) is 1.94. The lowest BCUT2D eigenvalue weighted by molar-refractivity contribution is 0.874. The fourth-order valence-corrected chi connectivity index (χ4v) is 1.70. The second-order valence-corrected chi connectivity index (χ2v) is 3.72. The molecule has 92 valence electrons. The Balaban J connectivity index is 0.00000106. The second-order valence-electron chi connectivity index (χ2n) is 2.96. The van der Waals surface area contributed by atoms with Crippen LogP contribution in [0.2, 0.25) is 0 Å². The van der Waals surface area contributed by atoms with Crippen molar-refractivity contribution in [2.45, 2.75) is 13.8 Å². The molecule has 0 atom stereocenters. The maximum atomic E-state index is 5.71. The molecule has 4 heteroatoms. The minimum atomic E-state index is 0.589. The summed E-state index contributed by atoms with van der Waals surface area (Å²) in [5, 5.41) is 0. The summed E-state index contributed by atoms with van der Waals surface area (Å²) in [5.74, 6) is 1.18. The minimum absolute atomic E-state index is 0.589. The summed E-state index contributed by atoms with van der Waals surface area (Å²) in [4.78, 5) is 2.12. The van der Waals surface area contributed by atoms with Crippen molar-refractivity contribution < 1.29 is 0 Å². The van der Waals surface area contributed by atoms with Gasteiger partial charge in [-0.1, -0.05) is 19.9 Å². The summed E-state index contributed by atoms with van der Waals surface area (Å²) in [7, 11) is 0. The number of nitrogen functional groups attached to an aromatic ring is 1. The van der Waals surface area contributed by atoms with Crippen LogP contribution >= 0.6 is 23.2 Å². The van der Waals surface area contributed by atoms with Crippen molar-refractivity contribution in [3.63, 3.8) is 0 Å². The Labute approximate surface area is 108 Å². The molecule has 0 aliphatic rings. The lowest BCUT2D eigenvalue weighted by atomic mass is 10.2. The van der Waals surface area contributed by atoms with Gasteiger partial charge in [0.15, 0.2) is 0 Å². The van der Waals surface area contributed by atoms with E-state index in [1.807, 2.05) is 38.1 Å². The Morgan fingerprint density at radius 3 is 2.12 bits per heavy atom. The van der Waals surface area contributed by atoms with Crippen molar-refractivity contribution in [3.05, 3.63) is 24.3 Å². The highest BCUT2D eigenvalue weighted by Crippen LogP contribution is 2.17. The van der Waals surface area contributed by atoms with Crippen molar-refractivity contribution in [2.24, 2.45) is 0 Å². The number of anilines is 2. The Kier molecular flexibility index (Phi) is 9.25. The first-order chi connectivity index (χ1) is 7.77. The van der Waals surface area contributed by atoms with Gasteiger partial charge in [-0.05, 0) is 18.2 Å². The molecule has 0 radical (unpaired) electrons. The molecular weight excluding hydrogens is 243 g/mol. The van der Waals surface area contributed by atoms with Crippen LogP contribution in [0.25, 0.3) is 0 Å². The van der Waals surface area contributed by atoms with Crippen LogP contribution in [0, 0.1) is 0 Å². The van der Waals surface area contributed by atoms with E-state index >= 15 is 0 Å². The zero-order chi connectivity index (χ0) is 12.4. The number of hydrogen-bond acceptors (Lipinski definition) is 2. The van der Waals surface area contributed by atoms with E-state index in [0.29, 0.717) is 11.8 Å². The van der Waals surface area contributed by atoms with E-state index in [4.69, 9.17) is 28.9 Å². The average molecular weight is 263 g/mol. The molecule has 2 N–H and O–H groups in total. The predicted molar refractivity (Wildman–Crippen MR) is 75.9 cm³/mol. The van der Waals surface area contributed by atoms with Crippen LogP contribution in [0.3, 0.4) is 0 Å². The van der Waals surface area contributed by atoms with Gasteiger partial charge in [0.2, 0.25) is 0 Å². The van der Waals surface area contributed by atoms with Gasteiger partial charge in [-0.3, -0.25) is 0 Å². The molecule has 0 aliphatic heterocycles. The SMILES string of the molecule is CC.Nc1cccc(N(CCCl)CCCl)c1. The average Bonchev–Trinajstić information content (AvgIpc) is 2.31. The Bertz CT molecular complexity index is 273. The fourth-order valence-electron chi connectivity index (χ4n) is 1.30. The van der Waals surface area contributed by atoms with E-state index in [-0.39, 0.29) is 0 Å². The second kappa shape index (κ2) is 9.61. The van der Waals surface area contributed by atoms with Crippen LogP contribution in [0.15, 0.2) is 24.3 Å². The number of nitrogens with two attached hydrogens (primary N) is 1. The highest BCUT2D eigenvalue weighted by molar-refractivity contribution is 6.18. The van der Waals surface area contributed by atoms with Gasteiger partial charge in [-0.2, -0.15) is 0 Å².